The second-order valence-electron chi connectivity index (χ2n) is 7.88. The Hall–Kier alpha value is -2.01. The SMILES string of the molecule is CCN(CC)CCCCN(c1ccc(C)c(C)c1)[S+](O)c1ccc2ccccc2c1. The van der Waals surface area contributed by atoms with Gasteiger partial charge < -0.3 is 4.90 Å². The number of aryl methyl sites for hydroxylation is 2. The predicted molar refractivity (Wildman–Crippen MR) is 132 cm³/mol. The molecule has 3 rings (SSSR count). The van der Waals surface area contributed by atoms with Gasteiger partial charge >= 0.3 is 11.4 Å². The quantitative estimate of drug-likeness (QED) is 0.300. The van der Waals surface area contributed by atoms with Crippen LogP contribution in [0.25, 0.3) is 10.8 Å². The molecule has 1 N–H and O–H groups in total. The number of fused-ring (bicyclic) bond motifs is 1. The second-order valence-corrected chi connectivity index (χ2v) is 9.32. The monoisotopic (exact) mass is 423 g/mol. The molecule has 0 heterocycles. The van der Waals surface area contributed by atoms with Crippen LogP contribution in [0.5, 0.6) is 0 Å². The van der Waals surface area contributed by atoms with Crippen molar-refractivity contribution in [2.45, 2.75) is 45.4 Å². The van der Waals surface area contributed by atoms with E-state index in [1.807, 2.05) is 0 Å². The van der Waals surface area contributed by atoms with Gasteiger partial charge in [-0.3, -0.25) is 0 Å². The molecule has 0 aliphatic carbocycles. The molecule has 30 heavy (non-hydrogen) atoms. The van der Waals surface area contributed by atoms with Gasteiger partial charge in [0.25, 0.3) is 0 Å². The number of anilines is 1. The number of hydrogen-bond donors (Lipinski definition) is 1. The molecule has 0 saturated carbocycles. The molecular weight excluding hydrogens is 388 g/mol. The molecule has 3 nitrogen and oxygen atoms in total. The van der Waals surface area contributed by atoms with Gasteiger partial charge in [-0.2, -0.15) is 8.86 Å². The van der Waals surface area contributed by atoms with Crippen molar-refractivity contribution in [2.75, 3.05) is 30.5 Å². The maximum atomic E-state index is 11.4. The first-order valence-corrected chi connectivity index (χ1v) is 12.2. The molecule has 1 unspecified atom stereocenters. The summed E-state index contributed by atoms with van der Waals surface area (Å²) >= 11 is -0.991. The largest absolute Gasteiger partial charge is 0.305 e. The lowest BCUT2D eigenvalue weighted by atomic mass is 10.1. The zero-order valence-electron chi connectivity index (χ0n) is 18.8. The summed E-state index contributed by atoms with van der Waals surface area (Å²) in [7, 11) is 0. The van der Waals surface area contributed by atoms with Crippen LogP contribution in [0.4, 0.5) is 5.69 Å². The Morgan fingerprint density at radius 1 is 0.767 bits per heavy atom. The lowest BCUT2D eigenvalue weighted by molar-refractivity contribution is 0.298. The Morgan fingerprint density at radius 2 is 1.47 bits per heavy atom. The van der Waals surface area contributed by atoms with Crippen LogP contribution in [0.15, 0.2) is 65.6 Å². The van der Waals surface area contributed by atoms with E-state index < -0.39 is 11.4 Å². The maximum Gasteiger partial charge on any atom is 0.305 e. The van der Waals surface area contributed by atoms with E-state index in [1.165, 1.54) is 21.9 Å². The van der Waals surface area contributed by atoms with E-state index in [9.17, 15) is 4.55 Å². The first kappa shape index (κ1) is 22.7. The Bertz CT molecular complexity index is 955. The average molecular weight is 424 g/mol. The topological polar surface area (TPSA) is 26.7 Å². The van der Waals surface area contributed by atoms with Gasteiger partial charge in [0.2, 0.25) is 4.90 Å². The summed E-state index contributed by atoms with van der Waals surface area (Å²) in [5.74, 6) is 0. The van der Waals surface area contributed by atoms with Crippen molar-refractivity contribution < 1.29 is 4.55 Å². The van der Waals surface area contributed by atoms with Gasteiger partial charge in [0.15, 0.2) is 0 Å². The number of unbranched alkanes of at least 4 members (excludes halogenated alkanes) is 1. The summed E-state index contributed by atoms with van der Waals surface area (Å²) in [5, 5.41) is 2.37. The maximum absolute atomic E-state index is 11.4. The fourth-order valence-electron chi connectivity index (χ4n) is 3.74. The van der Waals surface area contributed by atoms with Gasteiger partial charge in [-0.05, 0) is 92.5 Å². The molecule has 0 saturated heterocycles. The smallest absolute Gasteiger partial charge is 0.304 e. The average Bonchev–Trinajstić information content (AvgIpc) is 2.77. The third-order valence-electron chi connectivity index (χ3n) is 5.90. The van der Waals surface area contributed by atoms with E-state index in [-0.39, 0.29) is 0 Å². The second kappa shape index (κ2) is 10.9. The van der Waals surface area contributed by atoms with Crippen LogP contribution in [0.1, 0.15) is 37.8 Å². The summed E-state index contributed by atoms with van der Waals surface area (Å²) < 4.78 is 13.6. The van der Waals surface area contributed by atoms with Gasteiger partial charge in [-0.15, -0.1) is 0 Å². The molecule has 0 radical (unpaired) electrons. The molecule has 0 fully saturated rings. The summed E-state index contributed by atoms with van der Waals surface area (Å²) in [6.07, 6.45) is 2.19. The van der Waals surface area contributed by atoms with Gasteiger partial charge in [0, 0.05) is 6.07 Å². The molecule has 0 amide bonds. The van der Waals surface area contributed by atoms with E-state index in [0.29, 0.717) is 0 Å². The zero-order chi connectivity index (χ0) is 21.5. The predicted octanol–water partition coefficient (Wildman–Crippen LogP) is 6.45. The van der Waals surface area contributed by atoms with Gasteiger partial charge in [0.05, 0.1) is 12.2 Å². The zero-order valence-corrected chi connectivity index (χ0v) is 19.6. The fraction of sp³-hybridized carbons (Fsp3) is 0.385. The van der Waals surface area contributed by atoms with Crippen LogP contribution in [0.3, 0.4) is 0 Å². The molecule has 0 spiro atoms. The Morgan fingerprint density at radius 3 is 2.17 bits per heavy atom. The lowest BCUT2D eigenvalue weighted by Gasteiger charge is -2.21. The third kappa shape index (κ3) is 5.57. The Labute approximate surface area is 185 Å². The van der Waals surface area contributed by atoms with Gasteiger partial charge in [0.1, 0.15) is 0 Å². The van der Waals surface area contributed by atoms with Crippen LogP contribution in [0, 0.1) is 13.8 Å². The number of nitrogens with zero attached hydrogens (tertiary/aromatic N) is 2. The number of hydrogen-bond acceptors (Lipinski definition) is 3. The summed E-state index contributed by atoms with van der Waals surface area (Å²) in [4.78, 5) is 3.43. The van der Waals surface area contributed by atoms with Crippen molar-refractivity contribution >= 4 is 27.8 Å². The van der Waals surface area contributed by atoms with Crippen molar-refractivity contribution in [3.63, 3.8) is 0 Å². The van der Waals surface area contributed by atoms with Crippen molar-refractivity contribution in [2.24, 2.45) is 0 Å². The van der Waals surface area contributed by atoms with E-state index in [2.05, 4.69) is 97.6 Å². The first-order chi connectivity index (χ1) is 14.5. The van der Waals surface area contributed by atoms with E-state index in [1.54, 1.807) is 0 Å². The highest BCUT2D eigenvalue weighted by Gasteiger charge is 2.31. The normalized spacial score (nSPS) is 12.5. The Kier molecular flexibility index (Phi) is 8.20. The molecule has 160 valence electrons. The molecule has 3 aromatic rings. The van der Waals surface area contributed by atoms with E-state index >= 15 is 0 Å². The van der Waals surface area contributed by atoms with Crippen molar-refractivity contribution in [3.05, 3.63) is 71.8 Å². The van der Waals surface area contributed by atoms with Crippen molar-refractivity contribution in [1.82, 2.24) is 4.90 Å². The third-order valence-corrected chi connectivity index (χ3v) is 7.39. The summed E-state index contributed by atoms with van der Waals surface area (Å²) in [5.41, 5.74) is 3.64. The summed E-state index contributed by atoms with van der Waals surface area (Å²) in [6, 6.07) is 21.1. The first-order valence-electron chi connectivity index (χ1n) is 11.0. The number of rotatable bonds is 10. The highest BCUT2D eigenvalue weighted by atomic mass is 32.2. The van der Waals surface area contributed by atoms with E-state index in [0.717, 1.165) is 49.6 Å². The van der Waals surface area contributed by atoms with Crippen LogP contribution in [0.2, 0.25) is 0 Å². The van der Waals surface area contributed by atoms with Gasteiger partial charge in [-0.1, -0.05) is 44.2 Å². The molecule has 4 heteroatoms. The summed E-state index contributed by atoms with van der Waals surface area (Å²) in [6.45, 7) is 12.9. The minimum Gasteiger partial charge on any atom is -0.304 e. The van der Waals surface area contributed by atoms with Crippen LogP contribution in [-0.4, -0.2) is 35.6 Å². The minimum atomic E-state index is -0.991. The molecule has 0 aliphatic rings. The minimum absolute atomic E-state index is 0.843. The van der Waals surface area contributed by atoms with Crippen LogP contribution < -0.4 is 4.31 Å². The molecule has 0 aliphatic heterocycles. The number of benzene rings is 3. The standard InChI is InChI=1S/C26H35N2OS/c1-5-27(6-2)17-9-10-18-28(25-15-13-21(3)22(4)19-25)30(29)26-16-14-23-11-7-8-12-24(23)20-26/h7-8,11-16,19-20,29H,5-6,9-10,17-18H2,1-4H3/q+1. The molecule has 3 aromatic carbocycles. The highest BCUT2D eigenvalue weighted by molar-refractivity contribution is 7.93. The van der Waals surface area contributed by atoms with Crippen LogP contribution >= 0.6 is 0 Å². The van der Waals surface area contributed by atoms with E-state index in [4.69, 9.17) is 0 Å². The fourth-order valence-corrected chi connectivity index (χ4v) is 5.03. The van der Waals surface area contributed by atoms with Crippen molar-refractivity contribution in [3.8, 4) is 0 Å². The van der Waals surface area contributed by atoms with Crippen LogP contribution in [-0.2, 0) is 11.4 Å². The highest BCUT2D eigenvalue weighted by Crippen LogP contribution is 2.28. The Balaban J connectivity index is 1.82. The molecular formula is C26H35N2OS+. The molecule has 0 bridgehead atoms. The molecule has 0 aromatic heterocycles. The van der Waals surface area contributed by atoms with Gasteiger partial charge in [-0.25, -0.2) is 0 Å². The lowest BCUT2D eigenvalue weighted by Crippen LogP contribution is -2.32. The van der Waals surface area contributed by atoms with Crippen molar-refractivity contribution in [1.29, 1.82) is 0 Å². The molecule has 1 atom stereocenters.